The summed E-state index contributed by atoms with van der Waals surface area (Å²) in [7, 11) is 0. The van der Waals surface area contributed by atoms with Crippen LogP contribution >= 0.6 is 0 Å². The van der Waals surface area contributed by atoms with Crippen molar-refractivity contribution in [1.82, 2.24) is 0 Å². The largest absolute Gasteiger partial charge is 0.381 e. The van der Waals surface area contributed by atoms with Gasteiger partial charge in [-0.05, 0) is 29.8 Å². The molecular weight excluding hydrogens is 277 g/mol. The predicted octanol–water partition coefficient (Wildman–Crippen LogP) is 2.44. The molecule has 0 aliphatic heterocycles. The Bertz CT molecular complexity index is 704. The molecule has 21 heavy (non-hydrogen) atoms. The van der Waals surface area contributed by atoms with Crippen LogP contribution in [0.15, 0.2) is 42.5 Å². The van der Waals surface area contributed by atoms with Crippen LogP contribution in [0.1, 0.15) is 15.9 Å². The van der Waals surface area contributed by atoms with Crippen molar-refractivity contribution in [3.05, 3.63) is 69.5 Å². The number of hydrogen-bond acceptors (Lipinski definition) is 4. The lowest BCUT2D eigenvalue weighted by atomic mass is 10.1. The Kier molecular flexibility index (Phi) is 4.13. The number of nitrogens with one attached hydrogen (secondary N) is 1. The van der Waals surface area contributed by atoms with Gasteiger partial charge in [0.1, 0.15) is 0 Å². The minimum Gasteiger partial charge on any atom is -0.381 e. The molecule has 0 radical (unpaired) electrons. The lowest BCUT2D eigenvalue weighted by Crippen LogP contribution is -2.11. The van der Waals surface area contributed by atoms with E-state index >= 15 is 0 Å². The maximum Gasteiger partial charge on any atom is 0.306 e. The van der Waals surface area contributed by atoms with Gasteiger partial charge in [-0.2, -0.15) is 4.39 Å². The highest BCUT2D eigenvalue weighted by atomic mass is 19.1. The number of rotatable bonds is 5. The van der Waals surface area contributed by atoms with Crippen molar-refractivity contribution in [3.8, 4) is 0 Å². The van der Waals surface area contributed by atoms with Crippen LogP contribution in [0.2, 0.25) is 0 Å². The van der Waals surface area contributed by atoms with Crippen molar-refractivity contribution >= 4 is 17.3 Å². The van der Waals surface area contributed by atoms with E-state index in [-0.39, 0.29) is 0 Å². The summed E-state index contributed by atoms with van der Waals surface area (Å²) in [5, 5.41) is 13.6. The van der Waals surface area contributed by atoms with Crippen LogP contribution in [0.4, 0.5) is 15.8 Å². The number of nitrogens with two attached hydrogens (primary N) is 1. The van der Waals surface area contributed by atoms with Crippen molar-refractivity contribution in [2.75, 3.05) is 5.32 Å². The van der Waals surface area contributed by atoms with Gasteiger partial charge in [-0.1, -0.05) is 12.1 Å². The third-order valence-corrected chi connectivity index (χ3v) is 2.85. The van der Waals surface area contributed by atoms with Crippen molar-refractivity contribution in [2.45, 2.75) is 6.54 Å². The van der Waals surface area contributed by atoms with Gasteiger partial charge in [-0.15, -0.1) is 0 Å². The predicted molar refractivity (Wildman–Crippen MR) is 75.3 cm³/mol. The van der Waals surface area contributed by atoms with E-state index in [1.807, 2.05) is 0 Å². The first-order chi connectivity index (χ1) is 9.97. The normalized spacial score (nSPS) is 10.1. The van der Waals surface area contributed by atoms with Gasteiger partial charge in [0.2, 0.25) is 11.7 Å². The van der Waals surface area contributed by atoms with E-state index in [2.05, 4.69) is 5.32 Å². The summed E-state index contributed by atoms with van der Waals surface area (Å²) in [6, 6.07) is 10.2. The maximum atomic E-state index is 13.2. The molecule has 3 N–H and O–H groups in total. The van der Waals surface area contributed by atoms with Crippen LogP contribution in [-0.2, 0) is 6.54 Å². The summed E-state index contributed by atoms with van der Waals surface area (Å²) in [6.45, 7) is 0.323. The van der Waals surface area contributed by atoms with E-state index in [0.717, 1.165) is 17.7 Å². The van der Waals surface area contributed by atoms with Crippen LogP contribution < -0.4 is 11.1 Å². The Hall–Kier alpha value is -2.96. The van der Waals surface area contributed by atoms with Crippen LogP contribution in [0.25, 0.3) is 0 Å². The zero-order chi connectivity index (χ0) is 15.4. The Labute approximate surface area is 119 Å². The number of carbonyl (C=O) groups excluding carboxylic acids is 1. The molecule has 0 bridgehead atoms. The molecule has 0 aliphatic carbocycles. The Morgan fingerprint density at radius 1 is 1.29 bits per heavy atom. The van der Waals surface area contributed by atoms with Gasteiger partial charge in [0.15, 0.2) is 0 Å². The first-order valence-corrected chi connectivity index (χ1v) is 6.04. The zero-order valence-electron chi connectivity index (χ0n) is 10.9. The average Bonchev–Trinajstić information content (AvgIpc) is 2.46. The van der Waals surface area contributed by atoms with Gasteiger partial charge in [0.25, 0.3) is 0 Å². The number of hydrogen-bond donors (Lipinski definition) is 2. The number of halogens is 1. The summed E-state index contributed by atoms with van der Waals surface area (Å²) in [6.07, 6.45) is 0. The highest BCUT2D eigenvalue weighted by molar-refractivity contribution is 5.92. The topological polar surface area (TPSA) is 98.3 Å². The summed E-state index contributed by atoms with van der Waals surface area (Å²) < 4.78 is 13.2. The minimum absolute atomic E-state index is 0.323. The number of nitro groups is 1. The summed E-state index contributed by atoms with van der Waals surface area (Å²) >= 11 is 0. The second-order valence-electron chi connectivity index (χ2n) is 4.34. The highest BCUT2D eigenvalue weighted by Crippen LogP contribution is 2.22. The van der Waals surface area contributed by atoms with Gasteiger partial charge in [-0.3, -0.25) is 14.9 Å². The standard InChI is InChI=1S/C14H12FN3O3/c15-12-5-4-11(7-13(12)18(20)21)17-8-9-2-1-3-10(6-9)14(16)19/h1-7,17H,8H2,(H2,16,19). The molecule has 6 nitrogen and oxygen atoms in total. The lowest BCUT2D eigenvalue weighted by molar-refractivity contribution is -0.387. The fourth-order valence-corrected chi connectivity index (χ4v) is 1.80. The molecule has 0 unspecified atom stereocenters. The van der Waals surface area contributed by atoms with Gasteiger partial charge in [0.05, 0.1) is 4.92 Å². The molecule has 0 saturated carbocycles. The van der Waals surface area contributed by atoms with E-state index in [4.69, 9.17) is 5.73 Å². The summed E-state index contributed by atoms with van der Waals surface area (Å²) in [4.78, 5) is 20.9. The van der Waals surface area contributed by atoms with Crippen LogP contribution in [-0.4, -0.2) is 10.8 Å². The van der Waals surface area contributed by atoms with Crippen molar-refractivity contribution in [2.24, 2.45) is 5.73 Å². The van der Waals surface area contributed by atoms with E-state index in [1.54, 1.807) is 24.3 Å². The average molecular weight is 289 g/mol. The zero-order valence-corrected chi connectivity index (χ0v) is 10.9. The molecule has 0 spiro atoms. The summed E-state index contributed by atoms with van der Waals surface area (Å²) in [5.41, 5.74) is 6.15. The van der Waals surface area contributed by atoms with Crippen LogP contribution in [0.3, 0.4) is 0 Å². The quantitative estimate of drug-likeness (QED) is 0.652. The number of benzene rings is 2. The second-order valence-corrected chi connectivity index (χ2v) is 4.34. The monoisotopic (exact) mass is 289 g/mol. The van der Waals surface area contributed by atoms with Crippen molar-refractivity contribution in [1.29, 1.82) is 0 Å². The van der Waals surface area contributed by atoms with E-state index < -0.39 is 22.3 Å². The van der Waals surface area contributed by atoms with E-state index in [9.17, 15) is 19.3 Å². The SMILES string of the molecule is NC(=O)c1cccc(CNc2ccc(F)c([N+](=O)[O-])c2)c1. The van der Waals surface area contributed by atoms with Gasteiger partial charge < -0.3 is 11.1 Å². The first-order valence-electron chi connectivity index (χ1n) is 6.04. The number of nitrogens with zero attached hydrogens (tertiary/aromatic N) is 1. The van der Waals surface area contributed by atoms with E-state index in [0.29, 0.717) is 17.8 Å². The Morgan fingerprint density at radius 2 is 2.05 bits per heavy atom. The molecule has 2 aromatic rings. The molecule has 0 aromatic heterocycles. The molecule has 7 heteroatoms. The molecule has 0 fully saturated rings. The third-order valence-electron chi connectivity index (χ3n) is 2.85. The summed E-state index contributed by atoms with van der Waals surface area (Å²) in [5.74, 6) is -1.42. The number of amides is 1. The highest BCUT2D eigenvalue weighted by Gasteiger charge is 2.14. The van der Waals surface area contributed by atoms with Gasteiger partial charge in [-0.25, -0.2) is 0 Å². The smallest absolute Gasteiger partial charge is 0.306 e. The van der Waals surface area contributed by atoms with Crippen molar-refractivity contribution in [3.63, 3.8) is 0 Å². The van der Waals surface area contributed by atoms with E-state index in [1.165, 1.54) is 6.07 Å². The van der Waals surface area contributed by atoms with Crippen molar-refractivity contribution < 1.29 is 14.1 Å². The lowest BCUT2D eigenvalue weighted by Gasteiger charge is -2.07. The number of anilines is 1. The molecule has 1 amide bonds. The molecule has 0 saturated heterocycles. The Balaban J connectivity index is 2.13. The molecule has 0 heterocycles. The molecule has 108 valence electrons. The third kappa shape index (κ3) is 3.53. The molecular formula is C14H12FN3O3. The molecule has 2 aromatic carbocycles. The number of nitro benzene ring substituents is 1. The fourth-order valence-electron chi connectivity index (χ4n) is 1.80. The molecule has 0 aliphatic rings. The number of primary amides is 1. The first kappa shape index (κ1) is 14.4. The Morgan fingerprint density at radius 3 is 2.71 bits per heavy atom. The maximum absolute atomic E-state index is 13.2. The minimum atomic E-state index is -0.888. The number of carbonyl (C=O) groups is 1. The van der Waals surface area contributed by atoms with Gasteiger partial charge in [0, 0.05) is 23.9 Å². The second kappa shape index (κ2) is 6.00. The molecule has 2 rings (SSSR count). The van der Waals surface area contributed by atoms with Gasteiger partial charge >= 0.3 is 5.69 Å². The van der Waals surface area contributed by atoms with Crippen LogP contribution in [0, 0.1) is 15.9 Å². The van der Waals surface area contributed by atoms with Crippen LogP contribution in [0.5, 0.6) is 0 Å². The molecule has 0 atom stereocenters. The fraction of sp³-hybridized carbons (Fsp3) is 0.0714.